The lowest BCUT2D eigenvalue weighted by atomic mass is 10.2. The molecule has 0 fully saturated rings. The maximum atomic E-state index is 10.5. The van der Waals surface area contributed by atoms with E-state index >= 15 is 0 Å². The van der Waals surface area contributed by atoms with E-state index in [0.717, 1.165) is 10.9 Å². The molecule has 0 aliphatic heterocycles. The van der Waals surface area contributed by atoms with Gasteiger partial charge in [-0.05, 0) is 19.4 Å². The number of hydrogen-bond acceptors (Lipinski definition) is 1. The van der Waals surface area contributed by atoms with Gasteiger partial charge in [-0.25, -0.2) is 0 Å². The van der Waals surface area contributed by atoms with Crippen LogP contribution in [0.3, 0.4) is 0 Å². The van der Waals surface area contributed by atoms with E-state index in [4.69, 9.17) is 0 Å². The van der Waals surface area contributed by atoms with E-state index in [2.05, 4.69) is 6.07 Å². The molecule has 0 N–H and O–H groups in total. The van der Waals surface area contributed by atoms with Crippen molar-refractivity contribution in [3.63, 3.8) is 0 Å². The Balaban J connectivity index is 3.19. The third kappa shape index (κ3) is 1.48. The minimum atomic E-state index is -0.764. The zero-order chi connectivity index (χ0) is 7.56. The number of aryl methyl sites for hydroxylation is 2. The fourth-order valence-corrected chi connectivity index (χ4v) is 1.40. The van der Waals surface area contributed by atoms with Crippen LogP contribution in [0.5, 0.6) is 0 Å². The van der Waals surface area contributed by atoms with Crippen LogP contribution in [0.25, 0.3) is 0 Å². The molecule has 10 heavy (non-hydrogen) atoms. The predicted octanol–water partition coefficient (Wildman–Crippen LogP) is 1.69. The molecule has 1 nitrogen and oxygen atoms in total. The van der Waals surface area contributed by atoms with E-state index in [1.165, 1.54) is 5.56 Å². The van der Waals surface area contributed by atoms with Gasteiger partial charge in [0, 0.05) is 5.30 Å². The van der Waals surface area contributed by atoms with Gasteiger partial charge < -0.3 is 4.57 Å². The molecule has 54 valence electrons. The van der Waals surface area contributed by atoms with E-state index < -0.39 is 8.46 Å². The van der Waals surface area contributed by atoms with Gasteiger partial charge in [0.2, 0.25) is 0 Å². The largest absolute Gasteiger partial charge is 0.325 e. The summed E-state index contributed by atoms with van der Waals surface area (Å²) in [5.41, 5.74) is 2.37. The summed E-state index contributed by atoms with van der Waals surface area (Å²) in [4.78, 5) is 0. The summed E-state index contributed by atoms with van der Waals surface area (Å²) >= 11 is 0. The van der Waals surface area contributed by atoms with E-state index in [-0.39, 0.29) is 0 Å². The Hall–Kier alpha value is -0.550. The molecule has 0 aliphatic rings. The van der Waals surface area contributed by atoms with Crippen LogP contribution in [0.4, 0.5) is 0 Å². The first-order valence-corrected chi connectivity index (χ1v) is 4.31. The van der Waals surface area contributed by atoms with Gasteiger partial charge in [0.25, 0.3) is 0 Å². The average Bonchev–Trinajstić information content (AvgIpc) is 1.88. The third-order valence-electron chi connectivity index (χ3n) is 1.55. The first-order valence-electron chi connectivity index (χ1n) is 3.26. The van der Waals surface area contributed by atoms with Gasteiger partial charge in [0.05, 0.1) is 8.46 Å². The highest BCUT2D eigenvalue weighted by molar-refractivity contribution is 7.34. The SMILES string of the molecule is Cc1ccc([PH2]=O)c(C)c1. The van der Waals surface area contributed by atoms with Crippen LogP contribution in [0.1, 0.15) is 11.1 Å². The van der Waals surface area contributed by atoms with Crippen LogP contribution < -0.4 is 5.30 Å². The van der Waals surface area contributed by atoms with Crippen LogP contribution in [0, 0.1) is 13.8 Å². The summed E-state index contributed by atoms with van der Waals surface area (Å²) in [6.45, 7) is 4.03. The van der Waals surface area contributed by atoms with Gasteiger partial charge in [-0.2, -0.15) is 0 Å². The molecule has 1 aromatic rings. The molecule has 0 radical (unpaired) electrons. The molecule has 1 aromatic carbocycles. The van der Waals surface area contributed by atoms with Crippen LogP contribution >= 0.6 is 8.46 Å². The monoisotopic (exact) mass is 154 g/mol. The zero-order valence-electron chi connectivity index (χ0n) is 6.22. The Morgan fingerprint density at radius 2 is 2.00 bits per heavy atom. The molecule has 0 saturated carbocycles. The summed E-state index contributed by atoms with van der Waals surface area (Å²) in [6.07, 6.45) is 0. The van der Waals surface area contributed by atoms with Gasteiger partial charge in [0.1, 0.15) is 0 Å². The van der Waals surface area contributed by atoms with Crippen molar-refractivity contribution in [3.8, 4) is 0 Å². The van der Waals surface area contributed by atoms with Gasteiger partial charge in [0.15, 0.2) is 0 Å². The lowest BCUT2D eigenvalue weighted by Crippen LogP contribution is -1.96. The highest BCUT2D eigenvalue weighted by Gasteiger charge is 1.93. The molecule has 0 aliphatic carbocycles. The number of hydrogen-bond donors (Lipinski definition) is 0. The molecular formula is C8H11OP. The highest BCUT2D eigenvalue weighted by Crippen LogP contribution is 2.05. The lowest BCUT2D eigenvalue weighted by Gasteiger charge is -1.98. The average molecular weight is 154 g/mol. The van der Waals surface area contributed by atoms with Crippen molar-refractivity contribution in [2.24, 2.45) is 0 Å². The van der Waals surface area contributed by atoms with Crippen LogP contribution in [0.15, 0.2) is 18.2 Å². The maximum Gasteiger partial charge on any atom is 0.0923 e. The molecule has 1 rings (SSSR count). The topological polar surface area (TPSA) is 17.1 Å². The first kappa shape index (κ1) is 7.56. The van der Waals surface area contributed by atoms with E-state index in [0.29, 0.717) is 0 Å². The van der Waals surface area contributed by atoms with Crippen LogP contribution in [-0.2, 0) is 4.57 Å². The quantitative estimate of drug-likeness (QED) is 0.562. The summed E-state index contributed by atoms with van der Waals surface area (Å²) in [5, 5.41) is 0.991. The molecule has 0 bridgehead atoms. The van der Waals surface area contributed by atoms with Gasteiger partial charge >= 0.3 is 0 Å². The molecule has 2 heteroatoms. The Bertz CT molecular complexity index is 255. The van der Waals surface area contributed by atoms with Crippen molar-refractivity contribution in [3.05, 3.63) is 29.3 Å². The second-order valence-corrected chi connectivity index (χ2v) is 3.34. The van der Waals surface area contributed by atoms with Crippen molar-refractivity contribution in [2.45, 2.75) is 13.8 Å². The predicted molar refractivity (Wildman–Crippen MR) is 45.9 cm³/mol. The minimum absolute atomic E-state index is 0.764. The van der Waals surface area contributed by atoms with E-state index in [9.17, 15) is 4.57 Å². The second-order valence-electron chi connectivity index (χ2n) is 2.48. The highest BCUT2D eigenvalue weighted by atomic mass is 31.1. The van der Waals surface area contributed by atoms with Crippen molar-refractivity contribution in [1.82, 2.24) is 0 Å². The molecule has 1 atom stereocenters. The molecule has 0 spiro atoms. The number of rotatable bonds is 1. The second kappa shape index (κ2) is 3.03. The molecule has 0 aromatic heterocycles. The van der Waals surface area contributed by atoms with Crippen molar-refractivity contribution < 1.29 is 4.57 Å². The summed E-state index contributed by atoms with van der Waals surface area (Å²) < 4.78 is 10.5. The summed E-state index contributed by atoms with van der Waals surface area (Å²) in [6, 6.07) is 5.99. The zero-order valence-corrected chi connectivity index (χ0v) is 7.37. The number of benzene rings is 1. The molecule has 0 amide bonds. The molecule has 1 unspecified atom stereocenters. The Kier molecular flexibility index (Phi) is 2.29. The van der Waals surface area contributed by atoms with Crippen LogP contribution in [0.2, 0.25) is 0 Å². The summed E-state index contributed by atoms with van der Waals surface area (Å²) in [5.74, 6) is 0. The fourth-order valence-electron chi connectivity index (χ4n) is 0.958. The van der Waals surface area contributed by atoms with Gasteiger partial charge in [-0.1, -0.05) is 23.8 Å². The smallest absolute Gasteiger partial charge is 0.0923 e. The standard InChI is InChI=1S/C8H11OP/c1-6-3-4-8(10-9)7(2)5-6/h3-5H,10H2,1-2H3. The molecule has 0 saturated heterocycles. The van der Waals surface area contributed by atoms with Gasteiger partial charge in [-0.15, -0.1) is 0 Å². The van der Waals surface area contributed by atoms with Gasteiger partial charge in [-0.3, -0.25) is 0 Å². The van der Waals surface area contributed by atoms with E-state index in [1.807, 2.05) is 26.0 Å². The van der Waals surface area contributed by atoms with Crippen molar-refractivity contribution in [2.75, 3.05) is 0 Å². The van der Waals surface area contributed by atoms with Crippen molar-refractivity contribution in [1.29, 1.82) is 0 Å². The Morgan fingerprint density at radius 3 is 2.50 bits per heavy atom. The Morgan fingerprint density at radius 1 is 1.30 bits per heavy atom. The fraction of sp³-hybridized carbons (Fsp3) is 0.250. The van der Waals surface area contributed by atoms with Crippen LogP contribution in [-0.4, -0.2) is 0 Å². The van der Waals surface area contributed by atoms with E-state index in [1.54, 1.807) is 0 Å². The Labute approximate surface area is 62.3 Å². The lowest BCUT2D eigenvalue weighted by molar-refractivity contribution is 0.603. The summed E-state index contributed by atoms with van der Waals surface area (Å²) in [7, 11) is -0.764. The first-order chi connectivity index (χ1) is 4.74. The maximum absolute atomic E-state index is 10.5. The minimum Gasteiger partial charge on any atom is -0.325 e. The molecular weight excluding hydrogens is 143 g/mol. The normalized spacial score (nSPS) is 11.0. The molecule has 0 heterocycles. The third-order valence-corrected chi connectivity index (χ3v) is 2.45. The van der Waals surface area contributed by atoms with Crippen molar-refractivity contribution >= 4 is 13.8 Å².